The topological polar surface area (TPSA) is 51.2 Å². The van der Waals surface area contributed by atoms with Gasteiger partial charge in [-0.15, -0.1) is 11.3 Å². The highest BCUT2D eigenvalue weighted by atomic mass is 32.1. The zero-order valence-electron chi connectivity index (χ0n) is 14.1. The molecule has 0 aliphatic heterocycles. The van der Waals surface area contributed by atoms with Crippen LogP contribution in [0, 0.1) is 0 Å². The van der Waals surface area contributed by atoms with E-state index in [-0.39, 0.29) is 5.91 Å². The number of hydrogen-bond donors (Lipinski definition) is 1. The third kappa shape index (κ3) is 3.30. The molecular formula is C21H16N2O2S. The van der Waals surface area contributed by atoms with Crippen molar-refractivity contribution in [2.75, 3.05) is 12.4 Å². The Morgan fingerprint density at radius 2 is 1.85 bits per heavy atom. The fraction of sp³-hybridized carbons (Fsp3) is 0.0476. The van der Waals surface area contributed by atoms with E-state index in [0.29, 0.717) is 11.3 Å². The third-order valence-corrected chi connectivity index (χ3v) is 5.08. The number of anilines is 1. The molecule has 4 rings (SSSR count). The Morgan fingerprint density at radius 3 is 2.69 bits per heavy atom. The highest BCUT2D eigenvalue weighted by Crippen LogP contribution is 2.31. The number of rotatable bonds is 4. The zero-order chi connectivity index (χ0) is 17.9. The predicted molar refractivity (Wildman–Crippen MR) is 106 cm³/mol. The molecule has 1 aromatic heterocycles. The molecule has 0 aliphatic rings. The average Bonchev–Trinajstić information content (AvgIpc) is 3.12. The first-order chi connectivity index (χ1) is 12.7. The molecule has 128 valence electrons. The molecule has 0 aliphatic carbocycles. The molecule has 0 fully saturated rings. The van der Waals surface area contributed by atoms with Crippen molar-refractivity contribution in [2.45, 2.75) is 0 Å². The van der Waals surface area contributed by atoms with Crippen LogP contribution in [0.3, 0.4) is 0 Å². The van der Waals surface area contributed by atoms with Crippen molar-refractivity contribution < 1.29 is 9.53 Å². The van der Waals surface area contributed by atoms with Crippen LogP contribution in [0.25, 0.3) is 20.8 Å². The lowest BCUT2D eigenvalue weighted by atomic mass is 10.1. The van der Waals surface area contributed by atoms with Crippen LogP contribution in [0.15, 0.2) is 72.8 Å². The zero-order valence-corrected chi connectivity index (χ0v) is 14.9. The summed E-state index contributed by atoms with van der Waals surface area (Å²) in [6, 6.07) is 22.9. The summed E-state index contributed by atoms with van der Waals surface area (Å²) in [7, 11) is 1.58. The maximum atomic E-state index is 12.5. The summed E-state index contributed by atoms with van der Waals surface area (Å²) in [6.45, 7) is 0. The van der Waals surface area contributed by atoms with Crippen LogP contribution in [0.2, 0.25) is 0 Å². The molecule has 0 bridgehead atoms. The molecule has 4 nitrogen and oxygen atoms in total. The van der Waals surface area contributed by atoms with E-state index in [4.69, 9.17) is 4.74 Å². The van der Waals surface area contributed by atoms with Gasteiger partial charge >= 0.3 is 0 Å². The minimum absolute atomic E-state index is 0.176. The number of amides is 1. The Balaban J connectivity index is 1.60. The highest BCUT2D eigenvalue weighted by molar-refractivity contribution is 7.21. The molecule has 1 N–H and O–H groups in total. The Kier molecular flexibility index (Phi) is 4.37. The lowest BCUT2D eigenvalue weighted by Gasteiger charge is -2.07. The Labute approximate surface area is 155 Å². The van der Waals surface area contributed by atoms with Crippen LogP contribution >= 0.6 is 11.3 Å². The summed E-state index contributed by atoms with van der Waals surface area (Å²) < 4.78 is 6.32. The number of aromatic nitrogens is 1. The fourth-order valence-electron chi connectivity index (χ4n) is 2.69. The lowest BCUT2D eigenvalue weighted by molar-refractivity contribution is 0.102. The summed E-state index contributed by atoms with van der Waals surface area (Å²) in [5.74, 6) is 0.478. The lowest BCUT2D eigenvalue weighted by Crippen LogP contribution is -2.11. The number of nitrogens with zero attached hydrogens (tertiary/aromatic N) is 1. The predicted octanol–water partition coefficient (Wildman–Crippen LogP) is 5.22. The quantitative estimate of drug-likeness (QED) is 0.542. The van der Waals surface area contributed by atoms with Gasteiger partial charge in [-0.05, 0) is 42.5 Å². The summed E-state index contributed by atoms with van der Waals surface area (Å²) >= 11 is 1.64. The summed E-state index contributed by atoms with van der Waals surface area (Å²) in [4.78, 5) is 17.2. The van der Waals surface area contributed by atoms with Gasteiger partial charge in [-0.25, -0.2) is 4.98 Å². The van der Waals surface area contributed by atoms with E-state index in [0.717, 1.165) is 26.5 Å². The molecule has 26 heavy (non-hydrogen) atoms. The largest absolute Gasteiger partial charge is 0.497 e. The van der Waals surface area contributed by atoms with Gasteiger partial charge in [0.2, 0.25) is 0 Å². The van der Waals surface area contributed by atoms with Gasteiger partial charge in [0.25, 0.3) is 5.91 Å². The van der Waals surface area contributed by atoms with Crippen LogP contribution < -0.4 is 10.1 Å². The first-order valence-electron chi connectivity index (χ1n) is 8.14. The van der Waals surface area contributed by atoms with E-state index in [1.54, 1.807) is 36.6 Å². The second-order valence-electron chi connectivity index (χ2n) is 5.75. The van der Waals surface area contributed by atoms with E-state index in [2.05, 4.69) is 16.4 Å². The van der Waals surface area contributed by atoms with Crippen molar-refractivity contribution in [3.8, 4) is 16.3 Å². The normalized spacial score (nSPS) is 10.7. The molecule has 0 spiro atoms. The third-order valence-electron chi connectivity index (χ3n) is 3.99. The second-order valence-corrected chi connectivity index (χ2v) is 6.78. The molecular weight excluding hydrogens is 344 g/mol. The van der Waals surface area contributed by atoms with Gasteiger partial charge in [-0.1, -0.05) is 30.3 Å². The fourth-order valence-corrected chi connectivity index (χ4v) is 3.66. The number of methoxy groups -OCH3 is 1. The summed E-state index contributed by atoms with van der Waals surface area (Å²) in [5, 5.41) is 3.87. The summed E-state index contributed by atoms with van der Waals surface area (Å²) in [6.07, 6.45) is 0. The van der Waals surface area contributed by atoms with Crippen molar-refractivity contribution >= 4 is 33.1 Å². The van der Waals surface area contributed by atoms with Gasteiger partial charge < -0.3 is 10.1 Å². The van der Waals surface area contributed by atoms with Crippen LogP contribution in [-0.2, 0) is 0 Å². The van der Waals surface area contributed by atoms with E-state index in [1.807, 2.05) is 48.5 Å². The average molecular weight is 360 g/mol. The van der Waals surface area contributed by atoms with Gasteiger partial charge in [0.15, 0.2) is 0 Å². The standard InChI is InChI=1S/C21H16N2O2S/c1-25-17-9-5-6-14(13-17)20(24)22-16-8-4-7-15(12-16)21-23-18-10-2-3-11-19(18)26-21/h2-13H,1H3,(H,22,24). The number of ether oxygens (including phenoxy) is 1. The number of para-hydroxylation sites is 1. The second kappa shape index (κ2) is 6.98. The molecule has 4 aromatic rings. The molecule has 1 heterocycles. The highest BCUT2D eigenvalue weighted by Gasteiger charge is 2.10. The number of benzene rings is 3. The molecule has 0 radical (unpaired) electrons. The molecule has 1 amide bonds. The molecule has 0 saturated heterocycles. The van der Waals surface area contributed by atoms with Crippen molar-refractivity contribution in [2.24, 2.45) is 0 Å². The monoisotopic (exact) mass is 360 g/mol. The van der Waals surface area contributed by atoms with E-state index in [9.17, 15) is 4.79 Å². The maximum absolute atomic E-state index is 12.5. The number of carbonyl (C=O) groups excluding carboxylic acids is 1. The molecule has 5 heteroatoms. The number of hydrogen-bond acceptors (Lipinski definition) is 4. The SMILES string of the molecule is COc1cccc(C(=O)Nc2cccc(-c3nc4ccccc4s3)c2)c1. The minimum atomic E-state index is -0.176. The van der Waals surface area contributed by atoms with Gasteiger partial charge in [0, 0.05) is 16.8 Å². The smallest absolute Gasteiger partial charge is 0.255 e. The van der Waals surface area contributed by atoms with Gasteiger partial charge in [-0.3, -0.25) is 4.79 Å². The number of fused-ring (bicyclic) bond motifs is 1. The molecule has 3 aromatic carbocycles. The maximum Gasteiger partial charge on any atom is 0.255 e. The van der Waals surface area contributed by atoms with Crippen molar-refractivity contribution in [1.82, 2.24) is 4.98 Å². The van der Waals surface area contributed by atoms with Crippen molar-refractivity contribution in [3.63, 3.8) is 0 Å². The molecule has 0 unspecified atom stereocenters. The van der Waals surface area contributed by atoms with Crippen LogP contribution in [0.1, 0.15) is 10.4 Å². The van der Waals surface area contributed by atoms with Crippen molar-refractivity contribution in [1.29, 1.82) is 0 Å². The van der Waals surface area contributed by atoms with E-state index in [1.165, 1.54) is 0 Å². The van der Waals surface area contributed by atoms with Crippen molar-refractivity contribution in [3.05, 3.63) is 78.4 Å². The number of nitrogens with one attached hydrogen (secondary N) is 1. The van der Waals surface area contributed by atoms with Gasteiger partial charge in [0.05, 0.1) is 17.3 Å². The van der Waals surface area contributed by atoms with Crippen LogP contribution in [0.5, 0.6) is 5.75 Å². The minimum Gasteiger partial charge on any atom is -0.497 e. The number of carbonyl (C=O) groups is 1. The Bertz CT molecular complexity index is 1060. The Hall–Kier alpha value is -3.18. The van der Waals surface area contributed by atoms with Gasteiger partial charge in [-0.2, -0.15) is 0 Å². The number of thiazole rings is 1. The first-order valence-corrected chi connectivity index (χ1v) is 8.96. The molecule has 0 atom stereocenters. The van der Waals surface area contributed by atoms with Gasteiger partial charge in [0.1, 0.15) is 10.8 Å². The van der Waals surface area contributed by atoms with Crippen LogP contribution in [-0.4, -0.2) is 18.0 Å². The first kappa shape index (κ1) is 16.3. The summed E-state index contributed by atoms with van der Waals surface area (Å²) in [5.41, 5.74) is 3.25. The van der Waals surface area contributed by atoms with E-state index < -0.39 is 0 Å². The Morgan fingerprint density at radius 1 is 1.00 bits per heavy atom. The van der Waals surface area contributed by atoms with Crippen LogP contribution in [0.4, 0.5) is 5.69 Å². The van der Waals surface area contributed by atoms with E-state index >= 15 is 0 Å². The molecule has 0 saturated carbocycles.